The second-order valence-electron chi connectivity index (χ2n) is 4.25. The zero-order chi connectivity index (χ0) is 13.7. The number of benzene rings is 1. The van der Waals surface area contributed by atoms with Gasteiger partial charge < -0.3 is 10.2 Å². The Hall–Kier alpha value is -2.11. The number of carbonyl (C=O) groups excluding carboxylic acids is 1. The largest absolute Gasteiger partial charge is 0.378 e. The summed E-state index contributed by atoms with van der Waals surface area (Å²) >= 11 is 0. The molecule has 1 aromatic rings. The van der Waals surface area contributed by atoms with E-state index in [1.54, 1.807) is 12.1 Å². The van der Waals surface area contributed by atoms with Crippen LogP contribution in [0.3, 0.4) is 0 Å². The maximum absolute atomic E-state index is 11.0. The van der Waals surface area contributed by atoms with Crippen LogP contribution in [0.5, 0.6) is 0 Å². The van der Waals surface area contributed by atoms with Crippen LogP contribution in [0.15, 0.2) is 24.3 Å². The highest BCUT2D eigenvalue weighted by molar-refractivity contribution is 5.73. The van der Waals surface area contributed by atoms with Crippen molar-refractivity contribution in [2.75, 3.05) is 25.5 Å². The van der Waals surface area contributed by atoms with E-state index in [1.165, 1.54) is 6.92 Å². The summed E-state index contributed by atoms with van der Waals surface area (Å²) in [6, 6.07) is 6.72. The van der Waals surface area contributed by atoms with E-state index >= 15 is 0 Å². The van der Waals surface area contributed by atoms with Crippen molar-refractivity contribution in [1.82, 2.24) is 5.32 Å². The average molecular weight is 251 g/mol. The summed E-state index contributed by atoms with van der Waals surface area (Å²) in [5.41, 5.74) is 1.73. The summed E-state index contributed by atoms with van der Waals surface area (Å²) in [6.07, 6.45) is 0. The molecule has 0 aliphatic rings. The molecule has 0 heterocycles. The average Bonchev–Trinajstić information content (AvgIpc) is 2.27. The monoisotopic (exact) mass is 251 g/mol. The molecule has 1 rings (SSSR count). The molecule has 6 heteroatoms. The number of nitro groups is 1. The number of amides is 1. The Morgan fingerprint density at radius 1 is 1.39 bits per heavy atom. The van der Waals surface area contributed by atoms with Gasteiger partial charge in [-0.2, -0.15) is 0 Å². The van der Waals surface area contributed by atoms with E-state index in [0.29, 0.717) is 0 Å². The number of carbonyl (C=O) groups is 1. The van der Waals surface area contributed by atoms with Crippen LogP contribution in [0.25, 0.3) is 0 Å². The SMILES string of the molecule is CC(=O)NC(C[N+](=O)[O-])c1ccc(N(C)C)cc1. The van der Waals surface area contributed by atoms with Gasteiger partial charge in [-0.25, -0.2) is 0 Å². The first-order chi connectivity index (χ1) is 8.40. The maximum Gasteiger partial charge on any atom is 0.227 e. The Labute approximate surface area is 106 Å². The molecule has 0 aliphatic carbocycles. The van der Waals surface area contributed by atoms with Crippen molar-refractivity contribution in [2.45, 2.75) is 13.0 Å². The Morgan fingerprint density at radius 3 is 2.33 bits per heavy atom. The first kappa shape index (κ1) is 14.0. The topological polar surface area (TPSA) is 75.5 Å². The lowest BCUT2D eigenvalue weighted by molar-refractivity contribution is -0.484. The lowest BCUT2D eigenvalue weighted by atomic mass is 10.1. The Bertz CT molecular complexity index is 413. The smallest absolute Gasteiger partial charge is 0.227 e. The molecule has 18 heavy (non-hydrogen) atoms. The van der Waals surface area contributed by atoms with Crippen molar-refractivity contribution in [3.8, 4) is 0 Å². The number of hydrogen-bond donors (Lipinski definition) is 1. The van der Waals surface area contributed by atoms with E-state index in [0.717, 1.165) is 11.3 Å². The molecule has 98 valence electrons. The van der Waals surface area contributed by atoms with Gasteiger partial charge in [0, 0.05) is 31.6 Å². The molecule has 0 aromatic heterocycles. The highest BCUT2D eigenvalue weighted by Crippen LogP contribution is 2.18. The van der Waals surface area contributed by atoms with Crippen molar-refractivity contribution in [1.29, 1.82) is 0 Å². The number of rotatable bonds is 5. The van der Waals surface area contributed by atoms with Crippen molar-refractivity contribution < 1.29 is 9.72 Å². The van der Waals surface area contributed by atoms with Crippen molar-refractivity contribution in [3.05, 3.63) is 39.9 Å². The Kier molecular flexibility index (Phi) is 4.65. The highest BCUT2D eigenvalue weighted by Gasteiger charge is 2.18. The van der Waals surface area contributed by atoms with E-state index in [-0.39, 0.29) is 12.5 Å². The fourth-order valence-corrected chi connectivity index (χ4v) is 1.63. The molecule has 1 unspecified atom stereocenters. The van der Waals surface area contributed by atoms with Crippen LogP contribution < -0.4 is 10.2 Å². The first-order valence-electron chi connectivity index (χ1n) is 5.56. The predicted octanol–water partition coefficient (Wildman–Crippen LogP) is 1.21. The second-order valence-corrected chi connectivity index (χ2v) is 4.25. The fraction of sp³-hybridized carbons (Fsp3) is 0.417. The van der Waals surface area contributed by atoms with Gasteiger partial charge in [0.05, 0.1) is 0 Å². The van der Waals surface area contributed by atoms with Crippen molar-refractivity contribution in [3.63, 3.8) is 0 Å². The second kappa shape index (κ2) is 6.00. The summed E-state index contributed by atoms with van der Waals surface area (Å²) in [7, 11) is 3.83. The van der Waals surface area contributed by atoms with Crippen molar-refractivity contribution >= 4 is 11.6 Å². The summed E-state index contributed by atoms with van der Waals surface area (Å²) in [6.45, 7) is 1.03. The minimum atomic E-state index is -0.589. The van der Waals surface area contributed by atoms with Crippen LogP contribution in [0.2, 0.25) is 0 Å². The minimum Gasteiger partial charge on any atom is -0.378 e. The summed E-state index contributed by atoms with van der Waals surface area (Å²) in [5.74, 6) is -0.279. The lowest BCUT2D eigenvalue weighted by Gasteiger charge is -2.17. The quantitative estimate of drug-likeness (QED) is 0.630. The van der Waals surface area contributed by atoms with Gasteiger partial charge in [0.15, 0.2) is 0 Å². The molecule has 0 saturated carbocycles. The molecule has 1 aromatic carbocycles. The van der Waals surface area contributed by atoms with Gasteiger partial charge in [0.25, 0.3) is 0 Å². The van der Waals surface area contributed by atoms with Crippen LogP contribution in [-0.4, -0.2) is 31.5 Å². The molecule has 0 spiro atoms. The third kappa shape index (κ3) is 4.04. The number of hydrogen-bond acceptors (Lipinski definition) is 4. The summed E-state index contributed by atoms with van der Waals surface area (Å²) < 4.78 is 0. The molecule has 0 saturated heterocycles. The molecule has 1 N–H and O–H groups in total. The number of anilines is 1. The van der Waals surface area contributed by atoms with Crippen LogP contribution in [-0.2, 0) is 4.79 Å². The third-order valence-corrected chi connectivity index (χ3v) is 2.52. The van der Waals surface area contributed by atoms with Crippen LogP contribution in [0, 0.1) is 10.1 Å². The first-order valence-corrected chi connectivity index (χ1v) is 5.56. The predicted molar refractivity (Wildman–Crippen MR) is 69.2 cm³/mol. The standard InChI is InChI=1S/C12H17N3O3/c1-9(16)13-12(8-15(17)18)10-4-6-11(7-5-10)14(2)3/h4-7,12H,8H2,1-3H3,(H,13,16). The van der Waals surface area contributed by atoms with Gasteiger partial charge in [-0.1, -0.05) is 12.1 Å². The molecule has 1 atom stereocenters. The third-order valence-electron chi connectivity index (χ3n) is 2.52. The van der Waals surface area contributed by atoms with Gasteiger partial charge in [-0.05, 0) is 17.7 Å². The molecule has 6 nitrogen and oxygen atoms in total. The normalized spacial score (nSPS) is 11.7. The zero-order valence-electron chi connectivity index (χ0n) is 10.7. The summed E-state index contributed by atoms with van der Waals surface area (Å²) in [4.78, 5) is 23.1. The van der Waals surface area contributed by atoms with Crippen LogP contribution in [0.4, 0.5) is 5.69 Å². The van der Waals surface area contributed by atoms with E-state index in [9.17, 15) is 14.9 Å². The van der Waals surface area contributed by atoms with Gasteiger partial charge >= 0.3 is 0 Å². The van der Waals surface area contributed by atoms with Crippen molar-refractivity contribution in [2.24, 2.45) is 0 Å². The van der Waals surface area contributed by atoms with Gasteiger partial charge in [0.2, 0.25) is 12.5 Å². The number of nitrogens with one attached hydrogen (secondary N) is 1. The van der Waals surface area contributed by atoms with E-state index in [1.807, 2.05) is 31.1 Å². The Morgan fingerprint density at radius 2 is 1.94 bits per heavy atom. The molecule has 0 fully saturated rings. The van der Waals surface area contributed by atoms with E-state index in [4.69, 9.17) is 0 Å². The Balaban J connectivity index is 2.90. The van der Waals surface area contributed by atoms with E-state index in [2.05, 4.69) is 5.32 Å². The zero-order valence-corrected chi connectivity index (χ0v) is 10.7. The fourth-order valence-electron chi connectivity index (χ4n) is 1.63. The van der Waals surface area contributed by atoms with Gasteiger partial charge in [-0.15, -0.1) is 0 Å². The number of nitrogens with zero attached hydrogens (tertiary/aromatic N) is 2. The lowest BCUT2D eigenvalue weighted by Crippen LogP contribution is -2.31. The molecule has 0 aliphatic heterocycles. The van der Waals surface area contributed by atoms with Gasteiger partial charge in [0.1, 0.15) is 6.04 Å². The highest BCUT2D eigenvalue weighted by atomic mass is 16.6. The van der Waals surface area contributed by atoms with Crippen LogP contribution >= 0.6 is 0 Å². The van der Waals surface area contributed by atoms with Gasteiger partial charge in [-0.3, -0.25) is 14.9 Å². The minimum absolute atomic E-state index is 0.279. The van der Waals surface area contributed by atoms with Crippen LogP contribution in [0.1, 0.15) is 18.5 Å². The summed E-state index contributed by atoms with van der Waals surface area (Å²) in [5, 5.41) is 13.2. The molecular weight excluding hydrogens is 234 g/mol. The molecule has 0 radical (unpaired) electrons. The maximum atomic E-state index is 11.0. The molecule has 0 bridgehead atoms. The molecular formula is C12H17N3O3. The molecule has 1 amide bonds. The van der Waals surface area contributed by atoms with E-state index < -0.39 is 11.0 Å².